The number of carbonyl (C=O) groups excluding carboxylic acids is 1. The lowest BCUT2D eigenvalue weighted by Gasteiger charge is -2.32. The Morgan fingerprint density at radius 3 is 2.90 bits per heavy atom. The van der Waals surface area contributed by atoms with E-state index in [2.05, 4.69) is 0 Å². The normalized spacial score (nSPS) is 18.5. The minimum Gasteiger partial charge on any atom is -0.481 e. The first-order chi connectivity index (χ1) is 10.1. The summed E-state index contributed by atoms with van der Waals surface area (Å²) in [5.41, 5.74) is -0.143. The van der Waals surface area contributed by atoms with Gasteiger partial charge < -0.3 is 19.3 Å². The quantitative estimate of drug-likeness (QED) is 0.822. The van der Waals surface area contributed by atoms with Crippen molar-refractivity contribution in [2.24, 2.45) is 0 Å². The minimum atomic E-state index is -0.940. The summed E-state index contributed by atoms with van der Waals surface area (Å²) in [7, 11) is 0. The van der Waals surface area contributed by atoms with E-state index in [1.807, 2.05) is 0 Å². The molecule has 1 fully saturated rings. The molecule has 0 aromatic carbocycles. The first-order valence-electron chi connectivity index (χ1n) is 6.83. The highest BCUT2D eigenvalue weighted by Crippen LogP contribution is 2.10. The number of hydrogen-bond donors (Lipinski definition) is 1. The van der Waals surface area contributed by atoms with E-state index in [4.69, 9.17) is 9.84 Å². The maximum Gasteiger partial charge on any atom is 0.306 e. The molecule has 21 heavy (non-hydrogen) atoms. The van der Waals surface area contributed by atoms with Crippen LogP contribution in [0.3, 0.4) is 0 Å². The molecule has 7 heteroatoms. The van der Waals surface area contributed by atoms with E-state index in [1.54, 1.807) is 23.2 Å². The largest absolute Gasteiger partial charge is 0.481 e. The molecule has 0 radical (unpaired) electrons. The highest BCUT2D eigenvalue weighted by atomic mass is 16.5. The predicted molar refractivity (Wildman–Crippen MR) is 73.9 cm³/mol. The van der Waals surface area contributed by atoms with Gasteiger partial charge in [0.1, 0.15) is 0 Å². The van der Waals surface area contributed by atoms with Gasteiger partial charge in [0.2, 0.25) is 5.91 Å². The Labute approximate surface area is 121 Å². The standard InChI is InChI=1S/C14H18N2O5/c17-12-3-1-2-5-15(12)6-4-13(18)16-7-8-21-11(10-16)9-14(19)20/h1-3,5,11H,4,6-10H2,(H,19,20). The Bertz CT molecular complexity index is 568. The fourth-order valence-corrected chi connectivity index (χ4v) is 2.28. The Balaban J connectivity index is 1.87. The number of aromatic nitrogens is 1. The van der Waals surface area contributed by atoms with Crippen LogP contribution in [-0.4, -0.2) is 52.3 Å². The zero-order valence-corrected chi connectivity index (χ0v) is 11.6. The van der Waals surface area contributed by atoms with Crippen molar-refractivity contribution >= 4 is 11.9 Å². The minimum absolute atomic E-state index is 0.0931. The number of ether oxygens (including phenoxy) is 1. The van der Waals surface area contributed by atoms with E-state index in [1.165, 1.54) is 10.6 Å². The van der Waals surface area contributed by atoms with E-state index in [0.29, 0.717) is 19.7 Å². The molecule has 7 nitrogen and oxygen atoms in total. The lowest BCUT2D eigenvalue weighted by atomic mass is 10.2. The summed E-state index contributed by atoms with van der Waals surface area (Å²) in [6.07, 6.45) is 1.29. The Morgan fingerprint density at radius 1 is 1.38 bits per heavy atom. The van der Waals surface area contributed by atoms with Crippen LogP contribution < -0.4 is 5.56 Å². The van der Waals surface area contributed by atoms with Crippen molar-refractivity contribution in [1.29, 1.82) is 0 Å². The SMILES string of the molecule is O=C(O)CC1CN(C(=O)CCn2ccccc2=O)CCO1. The molecule has 1 aliphatic heterocycles. The number of nitrogens with zero attached hydrogens (tertiary/aromatic N) is 2. The van der Waals surface area contributed by atoms with Crippen LogP contribution in [0.1, 0.15) is 12.8 Å². The Morgan fingerprint density at radius 2 is 2.19 bits per heavy atom. The summed E-state index contributed by atoms with van der Waals surface area (Å²) >= 11 is 0. The van der Waals surface area contributed by atoms with Crippen molar-refractivity contribution in [3.8, 4) is 0 Å². The van der Waals surface area contributed by atoms with Crippen LogP contribution in [-0.2, 0) is 20.9 Å². The van der Waals surface area contributed by atoms with E-state index in [0.717, 1.165) is 0 Å². The zero-order valence-electron chi connectivity index (χ0n) is 11.6. The van der Waals surface area contributed by atoms with Crippen LogP contribution in [0.25, 0.3) is 0 Å². The third kappa shape index (κ3) is 4.42. The Hall–Kier alpha value is -2.15. The van der Waals surface area contributed by atoms with Crippen molar-refractivity contribution < 1.29 is 19.4 Å². The Kier molecular flexibility index (Phi) is 5.10. The number of pyridine rings is 1. The molecular formula is C14H18N2O5. The smallest absolute Gasteiger partial charge is 0.306 e. The van der Waals surface area contributed by atoms with Crippen molar-refractivity contribution in [3.63, 3.8) is 0 Å². The molecule has 0 spiro atoms. The number of rotatable bonds is 5. The molecule has 1 saturated heterocycles. The second kappa shape index (κ2) is 7.03. The summed E-state index contributed by atoms with van der Waals surface area (Å²) in [6, 6.07) is 4.84. The molecule has 0 saturated carbocycles. The van der Waals surface area contributed by atoms with Gasteiger partial charge in [-0.1, -0.05) is 6.07 Å². The summed E-state index contributed by atoms with van der Waals surface area (Å²) < 4.78 is 6.80. The molecule has 2 rings (SSSR count). The van der Waals surface area contributed by atoms with E-state index >= 15 is 0 Å². The zero-order chi connectivity index (χ0) is 15.2. The van der Waals surface area contributed by atoms with E-state index < -0.39 is 12.1 Å². The number of hydrogen-bond acceptors (Lipinski definition) is 4. The summed E-state index contributed by atoms with van der Waals surface area (Å²) in [5, 5.41) is 8.75. The molecule has 1 atom stereocenters. The molecule has 1 aromatic heterocycles. The van der Waals surface area contributed by atoms with Crippen LogP contribution in [0, 0.1) is 0 Å². The van der Waals surface area contributed by atoms with Crippen molar-refractivity contribution in [3.05, 3.63) is 34.7 Å². The predicted octanol–water partition coefficient (Wildman–Crippen LogP) is -0.0595. The lowest BCUT2D eigenvalue weighted by molar-refractivity contribution is -0.147. The fraction of sp³-hybridized carbons (Fsp3) is 0.500. The number of amides is 1. The monoisotopic (exact) mass is 294 g/mol. The van der Waals surface area contributed by atoms with Gasteiger partial charge in [-0.3, -0.25) is 14.4 Å². The summed E-state index contributed by atoms with van der Waals surface area (Å²) in [5.74, 6) is -1.03. The molecule has 0 aliphatic carbocycles. The van der Waals surface area contributed by atoms with Crippen LogP contribution in [0.4, 0.5) is 0 Å². The van der Waals surface area contributed by atoms with Gasteiger partial charge in [0.05, 0.1) is 19.1 Å². The number of carboxylic acids is 1. The van der Waals surface area contributed by atoms with Crippen LogP contribution in [0.2, 0.25) is 0 Å². The first kappa shape index (κ1) is 15.2. The summed E-state index contributed by atoms with van der Waals surface area (Å²) in [4.78, 5) is 35.9. The molecule has 0 bridgehead atoms. The second-order valence-corrected chi connectivity index (χ2v) is 4.91. The van der Waals surface area contributed by atoms with E-state index in [-0.39, 0.29) is 30.9 Å². The molecule has 1 amide bonds. The third-order valence-electron chi connectivity index (χ3n) is 3.36. The fourth-order valence-electron chi connectivity index (χ4n) is 2.28. The van der Waals surface area contributed by atoms with Gasteiger partial charge in [-0.05, 0) is 6.07 Å². The second-order valence-electron chi connectivity index (χ2n) is 4.91. The van der Waals surface area contributed by atoms with Gasteiger partial charge in [-0.15, -0.1) is 0 Å². The van der Waals surface area contributed by atoms with Crippen LogP contribution >= 0.6 is 0 Å². The summed E-state index contributed by atoms with van der Waals surface area (Å²) in [6.45, 7) is 1.40. The molecule has 1 unspecified atom stereocenters. The molecule has 1 N–H and O–H groups in total. The third-order valence-corrected chi connectivity index (χ3v) is 3.36. The highest BCUT2D eigenvalue weighted by Gasteiger charge is 2.25. The van der Waals surface area contributed by atoms with Crippen LogP contribution in [0.5, 0.6) is 0 Å². The average molecular weight is 294 g/mol. The van der Waals surface area contributed by atoms with Gasteiger partial charge in [0, 0.05) is 38.3 Å². The van der Waals surface area contributed by atoms with E-state index in [9.17, 15) is 14.4 Å². The van der Waals surface area contributed by atoms with Gasteiger partial charge in [-0.2, -0.15) is 0 Å². The average Bonchev–Trinajstić information content (AvgIpc) is 2.45. The van der Waals surface area contributed by atoms with Crippen molar-refractivity contribution in [2.45, 2.75) is 25.5 Å². The lowest BCUT2D eigenvalue weighted by Crippen LogP contribution is -2.46. The van der Waals surface area contributed by atoms with Gasteiger partial charge in [0.25, 0.3) is 5.56 Å². The molecule has 1 aromatic rings. The highest BCUT2D eigenvalue weighted by molar-refractivity contribution is 5.76. The maximum atomic E-state index is 12.1. The number of aliphatic carboxylic acids is 1. The number of aryl methyl sites for hydroxylation is 1. The number of morpholine rings is 1. The number of carbonyl (C=O) groups is 2. The maximum absolute atomic E-state index is 12.1. The van der Waals surface area contributed by atoms with Gasteiger partial charge in [0.15, 0.2) is 0 Å². The molecule has 114 valence electrons. The molecule has 1 aliphatic rings. The molecular weight excluding hydrogens is 276 g/mol. The van der Waals surface area contributed by atoms with Crippen molar-refractivity contribution in [1.82, 2.24) is 9.47 Å². The first-order valence-corrected chi connectivity index (χ1v) is 6.83. The molecule has 2 heterocycles. The van der Waals surface area contributed by atoms with Gasteiger partial charge >= 0.3 is 5.97 Å². The van der Waals surface area contributed by atoms with Gasteiger partial charge in [-0.25, -0.2) is 0 Å². The topological polar surface area (TPSA) is 88.8 Å². The number of carboxylic acid groups (broad SMARTS) is 1. The van der Waals surface area contributed by atoms with Crippen molar-refractivity contribution in [2.75, 3.05) is 19.7 Å². The van der Waals surface area contributed by atoms with Crippen LogP contribution in [0.15, 0.2) is 29.2 Å².